The van der Waals surface area contributed by atoms with E-state index in [1.807, 2.05) is 0 Å². The number of nitrogens with zero attached hydrogens (tertiary/aromatic N) is 1. The van der Waals surface area contributed by atoms with Gasteiger partial charge in [0, 0.05) is 0 Å². The van der Waals surface area contributed by atoms with Gasteiger partial charge in [-0.2, -0.15) is 0 Å². The first-order valence-electron chi connectivity index (χ1n) is 9.89. The van der Waals surface area contributed by atoms with Crippen molar-refractivity contribution < 1.29 is 9.59 Å². The van der Waals surface area contributed by atoms with Crippen LogP contribution in [-0.4, -0.2) is 22.4 Å². The molecule has 1 aromatic rings. The number of benzene rings is 1. The number of hydrogen-bond donors (Lipinski definition) is 1. The summed E-state index contributed by atoms with van der Waals surface area (Å²) in [6, 6.07) is 4.17. The van der Waals surface area contributed by atoms with Gasteiger partial charge in [-0.25, -0.2) is 4.79 Å². The van der Waals surface area contributed by atoms with Crippen LogP contribution in [0.3, 0.4) is 0 Å². The Bertz CT molecular complexity index is 699. The summed E-state index contributed by atoms with van der Waals surface area (Å²) in [5, 5.41) is 3.04. The van der Waals surface area contributed by atoms with Crippen molar-refractivity contribution in [1.82, 2.24) is 10.2 Å². The van der Waals surface area contributed by atoms with Crippen molar-refractivity contribution >= 4 is 11.9 Å². The SMILES string of the molecule is Cc1cc(C(C)(C)C)cc(C)c1CN1C(=O)NC2(CCCCCC2)C1=O. The van der Waals surface area contributed by atoms with Gasteiger partial charge in [0.25, 0.3) is 5.91 Å². The van der Waals surface area contributed by atoms with E-state index in [1.165, 1.54) is 10.5 Å². The maximum atomic E-state index is 13.1. The van der Waals surface area contributed by atoms with Crippen molar-refractivity contribution in [3.63, 3.8) is 0 Å². The first kappa shape index (κ1) is 18.9. The first-order valence-corrected chi connectivity index (χ1v) is 9.89. The second kappa shape index (κ2) is 6.71. The zero-order valence-corrected chi connectivity index (χ0v) is 16.9. The Balaban J connectivity index is 1.87. The molecular weight excluding hydrogens is 324 g/mol. The Morgan fingerprint density at radius 1 is 1.00 bits per heavy atom. The summed E-state index contributed by atoms with van der Waals surface area (Å²) < 4.78 is 0. The number of imide groups is 1. The second-order valence-electron chi connectivity index (χ2n) is 9.16. The third-order valence-corrected chi connectivity index (χ3v) is 6.08. The first-order chi connectivity index (χ1) is 12.1. The van der Waals surface area contributed by atoms with E-state index in [1.54, 1.807) is 0 Å². The Hall–Kier alpha value is -1.84. The van der Waals surface area contributed by atoms with Crippen LogP contribution in [0.15, 0.2) is 12.1 Å². The van der Waals surface area contributed by atoms with E-state index in [0.29, 0.717) is 6.54 Å². The van der Waals surface area contributed by atoms with Crippen LogP contribution in [-0.2, 0) is 16.8 Å². The molecule has 2 fully saturated rings. The van der Waals surface area contributed by atoms with Crippen molar-refractivity contribution in [2.45, 2.75) is 90.6 Å². The van der Waals surface area contributed by atoms with Crippen molar-refractivity contribution in [2.24, 2.45) is 0 Å². The van der Waals surface area contributed by atoms with Crippen molar-refractivity contribution in [1.29, 1.82) is 0 Å². The smallest absolute Gasteiger partial charge is 0.323 e. The average Bonchev–Trinajstić information content (AvgIpc) is 2.70. The van der Waals surface area contributed by atoms with E-state index in [0.717, 1.165) is 55.2 Å². The maximum absolute atomic E-state index is 13.1. The van der Waals surface area contributed by atoms with E-state index in [4.69, 9.17) is 0 Å². The Kier molecular flexibility index (Phi) is 4.89. The minimum atomic E-state index is -0.652. The third-order valence-electron chi connectivity index (χ3n) is 6.08. The van der Waals surface area contributed by atoms with E-state index in [9.17, 15) is 9.59 Å². The standard InChI is InChI=1S/C22H32N2O2/c1-15-12-17(21(3,4)5)13-16(2)18(15)14-24-19(25)22(23-20(24)26)10-8-6-7-9-11-22/h12-13H,6-11,14H2,1-5H3,(H,23,26). The number of urea groups is 1. The Morgan fingerprint density at radius 3 is 2.04 bits per heavy atom. The summed E-state index contributed by atoms with van der Waals surface area (Å²) in [5.41, 5.74) is 4.11. The molecule has 1 spiro atoms. The van der Waals surface area contributed by atoms with Crippen molar-refractivity contribution in [3.8, 4) is 0 Å². The van der Waals surface area contributed by atoms with Crippen LogP contribution in [0.5, 0.6) is 0 Å². The summed E-state index contributed by atoms with van der Waals surface area (Å²) in [4.78, 5) is 27.2. The zero-order valence-electron chi connectivity index (χ0n) is 16.9. The van der Waals surface area contributed by atoms with E-state index < -0.39 is 5.54 Å². The number of aryl methyl sites for hydroxylation is 2. The molecule has 0 aromatic heterocycles. The molecule has 1 heterocycles. The van der Waals surface area contributed by atoms with Gasteiger partial charge in [-0.15, -0.1) is 0 Å². The van der Waals surface area contributed by atoms with Gasteiger partial charge in [0.2, 0.25) is 0 Å². The molecule has 0 radical (unpaired) electrons. The summed E-state index contributed by atoms with van der Waals surface area (Å²) in [5.74, 6) is -0.0249. The van der Waals surface area contributed by atoms with Crippen LogP contribution in [0.4, 0.5) is 4.79 Å². The summed E-state index contributed by atoms with van der Waals surface area (Å²) >= 11 is 0. The van der Waals surface area contributed by atoms with Crippen molar-refractivity contribution in [3.05, 3.63) is 34.4 Å². The second-order valence-corrected chi connectivity index (χ2v) is 9.16. The van der Waals surface area contributed by atoms with Crippen LogP contribution in [0.1, 0.15) is 81.5 Å². The predicted molar refractivity (Wildman–Crippen MR) is 104 cm³/mol. The average molecular weight is 357 g/mol. The van der Waals surface area contributed by atoms with Crippen molar-refractivity contribution in [2.75, 3.05) is 0 Å². The zero-order chi connectivity index (χ0) is 19.1. The number of amides is 3. The molecule has 0 unspecified atom stereocenters. The highest BCUT2D eigenvalue weighted by Crippen LogP contribution is 2.34. The van der Waals surface area contributed by atoms with Gasteiger partial charge in [0.1, 0.15) is 5.54 Å². The fourth-order valence-corrected chi connectivity index (χ4v) is 4.32. The lowest BCUT2D eigenvalue weighted by Gasteiger charge is -2.26. The van der Waals surface area contributed by atoms with Crippen LogP contribution >= 0.6 is 0 Å². The molecular formula is C22H32N2O2. The Morgan fingerprint density at radius 2 is 1.54 bits per heavy atom. The van der Waals surface area contributed by atoms with Gasteiger partial charge in [-0.3, -0.25) is 9.69 Å². The summed E-state index contributed by atoms with van der Waals surface area (Å²) in [7, 11) is 0. The number of rotatable bonds is 2. The highest BCUT2D eigenvalue weighted by atomic mass is 16.2. The quantitative estimate of drug-likeness (QED) is 0.778. The molecule has 1 saturated heterocycles. The number of nitrogens with one attached hydrogen (secondary N) is 1. The lowest BCUT2D eigenvalue weighted by atomic mass is 9.83. The fraction of sp³-hybridized carbons (Fsp3) is 0.636. The molecule has 0 atom stereocenters. The van der Waals surface area contributed by atoms with E-state index in [2.05, 4.69) is 52.1 Å². The Labute approximate surface area is 157 Å². The molecule has 1 aliphatic heterocycles. The molecule has 2 aliphatic rings. The van der Waals surface area contributed by atoms with Gasteiger partial charge >= 0.3 is 6.03 Å². The molecule has 1 aromatic carbocycles. The molecule has 4 nitrogen and oxygen atoms in total. The highest BCUT2D eigenvalue weighted by Gasteiger charge is 2.50. The minimum absolute atomic E-state index is 0.0249. The molecule has 3 rings (SSSR count). The normalized spacial score (nSPS) is 20.4. The van der Waals surface area contributed by atoms with Gasteiger partial charge in [-0.05, 0) is 54.4 Å². The van der Waals surface area contributed by atoms with Crippen LogP contribution in [0.2, 0.25) is 0 Å². The van der Waals surface area contributed by atoms with E-state index in [-0.39, 0.29) is 17.4 Å². The number of carbonyl (C=O) groups excluding carboxylic acids is 2. The predicted octanol–water partition coefficient (Wildman–Crippen LogP) is 4.75. The maximum Gasteiger partial charge on any atom is 0.325 e. The topological polar surface area (TPSA) is 49.4 Å². The van der Waals surface area contributed by atoms with Crippen LogP contribution in [0.25, 0.3) is 0 Å². The lowest BCUT2D eigenvalue weighted by Crippen LogP contribution is -2.46. The largest absolute Gasteiger partial charge is 0.325 e. The fourth-order valence-electron chi connectivity index (χ4n) is 4.32. The number of hydrogen-bond acceptors (Lipinski definition) is 2. The minimum Gasteiger partial charge on any atom is -0.323 e. The monoisotopic (exact) mass is 356 g/mol. The highest BCUT2D eigenvalue weighted by molar-refractivity contribution is 6.07. The molecule has 4 heteroatoms. The summed E-state index contributed by atoms with van der Waals surface area (Å²) in [6.07, 6.45) is 5.87. The summed E-state index contributed by atoms with van der Waals surface area (Å²) in [6.45, 7) is 11.1. The molecule has 1 N–H and O–H groups in total. The van der Waals surface area contributed by atoms with Crippen LogP contribution in [0, 0.1) is 13.8 Å². The van der Waals surface area contributed by atoms with Crippen LogP contribution < -0.4 is 5.32 Å². The third kappa shape index (κ3) is 3.38. The number of carbonyl (C=O) groups is 2. The molecule has 1 aliphatic carbocycles. The molecule has 3 amide bonds. The van der Waals surface area contributed by atoms with Gasteiger partial charge in [-0.1, -0.05) is 58.6 Å². The molecule has 26 heavy (non-hydrogen) atoms. The van der Waals surface area contributed by atoms with Gasteiger partial charge < -0.3 is 5.32 Å². The molecule has 1 saturated carbocycles. The lowest BCUT2D eigenvalue weighted by molar-refractivity contribution is -0.132. The molecule has 142 valence electrons. The van der Waals surface area contributed by atoms with E-state index >= 15 is 0 Å². The van der Waals surface area contributed by atoms with Gasteiger partial charge in [0.05, 0.1) is 6.54 Å². The molecule has 0 bridgehead atoms. The van der Waals surface area contributed by atoms with Gasteiger partial charge in [0.15, 0.2) is 0 Å².